The topological polar surface area (TPSA) is 52.4 Å². The number of nitrogens with zero attached hydrogens (tertiary/aromatic N) is 4. The molecule has 0 aliphatic carbocycles. The van der Waals surface area contributed by atoms with Crippen molar-refractivity contribution in [2.24, 2.45) is 0 Å². The molecule has 6 heteroatoms. The number of imidazole rings is 1. The maximum atomic E-state index is 6.17. The van der Waals surface area contributed by atoms with E-state index >= 15 is 0 Å². The van der Waals surface area contributed by atoms with Crippen LogP contribution in [-0.4, -0.2) is 39.7 Å². The zero-order valence-electron chi connectivity index (χ0n) is 16.2. The summed E-state index contributed by atoms with van der Waals surface area (Å²) in [6.07, 6.45) is 9.71. The second-order valence-electron chi connectivity index (χ2n) is 6.98. The Morgan fingerprint density at radius 3 is 2.89 bits per heavy atom. The summed E-state index contributed by atoms with van der Waals surface area (Å²) in [6.45, 7) is 3.19. The minimum atomic E-state index is 0.353. The number of ether oxygens (including phenoxy) is 2. The van der Waals surface area contributed by atoms with Crippen LogP contribution in [0.3, 0.4) is 0 Å². The fourth-order valence-corrected chi connectivity index (χ4v) is 3.82. The van der Waals surface area contributed by atoms with Gasteiger partial charge >= 0.3 is 0 Å². The third-order valence-electron chi connectivity index (χ3n) is 5.20. The van der Waals surface area contributed by atoms with Crippen LogP contribution >= 0.6 is 0 Å². The summed E-state index contributed by atoms with van der Waals surface area (Å²) >= 11 is 0. The SMILES string of the molecule is COc1cccc(CN2CCC[C@H]2c2ccccn2)c1OCCn1ccnc1. The smallest absolute Gasteiger partial charge is 0.165 e. The standard InChI is InChI=1S/C22H26N4O2/c1-27-21-9-4-6-18(22(21)28-15-14-25-13-11-23-17-25)16-26-12-5-8-20(26)19-7-2-3-10-24-19/h2-4,6-7,9-11,13,17,20H,5,8,12,14-16H2,1H3/t20-/m0/s1. The molecular formula is C22H26N4O2. The highest BCUT2D eigenvalue weighted by molar-refractivity contribution is 5.46. The maximum Gasteiger partial charge on any atom is 0.165 e. The van der Waals surface area contributed by atoms with Gasteiger partial charge in [-0.1, -0.05) is 18.2 Å². The Kier molecular flexibility index (Phi) is 5.87. The first-order chi connectivity index (χ1) is 13.8. The number of likely N-dealkylation sites (tertiary alicyclic amines) is 1. The molecule has 1 atom stereocenters. The molecule has 4 rings (SSSR count). The van der Waals surface area contributed by atoms with Crippen molar-refractivity contribution in [2.75, 3.05) is 20.3 Å². The van der Waals surface area contributed by atoms with E-state index in [0.717, 1.165) is 48.8 Å². The van der Waals surface area contributed by atoms with Crippen LogP contribution in [0.25, 0.3) is 0 Å². The largest absolute Gasteiger partial charge is 0.493 e. The number of hydrogen-bond acceptors (Lipinski definition) is 5. The first-order valence-electron chi connectivity index (χ1n) is 9.74. The van der Waals surface area contributed by atoms with Gasteiger partial charge in [-0.3, -0.25) is 9.88 Å². The van der Waals surface area contributed by atoms with Crippen LogP contribution in [0.2, 0.25) is 0 Å². The molecule has 3 heterocycles. The lowest BCUT2D eigenvalue weighted by molar-refractivity contribution is 0.231. The summed E-state index contributed by atoms with van der Waals surface area (Å²) in [5, 5.41) is 0. The van der Waals surface area contributed by atoms with Gasteiger partial charge in [0.2, 0.25) is 0 Å². The van der Waals surface area contributed by atoms with E-state index in [1.807, 2.05) is 35.2 Å². The van der Waals surface area contributed by atoms with Crippen LogP contribution in [0.1, 0.15) is 30.1 Å². The number of para-hydroxylation sites is 1. The van der Waals surface area contributed by atoms with Gasteiger partial charge in [-0.25, -0.2) is 4.98 Å². The van der Waals surface area contributed by atoms with E-state index in [-0.39, 0.29) is 0 Å². The minimum absolute atomic E-state index is 0.353. The van der Waals surface area contributed by atoms with Crippen molar-refractivity contribution in [1.82, 2.24) is 19.4 Å². The second kappa shape index (κ2) is 8.89. The Balaban J connectivity index is 1.50. The molecule has 1 aliphatic heterocycles. The molecule has 0 amide bonds. The predicted octanol–water partition coefficient (Wildman–Crippen LogP) is 3.70. The van der Waals surface area contributed by atoms with Crippen LogP contribution in [-0.2, 0) is 13.1 Å². The van der Waals surface area contributed by atoms with Gasteiger partial charge in [-0.15, -0.1) is 0 Å². The fourth-order valence-electron chi connectivity index (χ4n) is 3.82. The van der Waals surface area contributed by atoms with E-state index in [1.165, 1.54) is 6.42 Å². The maximum absolute atomic E-state index is 6.17. The fraction of sp³-hybridized carbons (Fsp3) is 0.364. The number of benzene rings is 1. The van der Waals surface area contributed by atoms with Crippen molar-refractivity contribution in [1.29, 1.82) is 0 Å². The minimum Gasteiger partial charge on any atom is -0.493 e. The molecule has 0 N–H and O–H groups in total. The van der Waals surface area contributed by atoms with Gasteiger partial charge in [0, 0.05) is 30.7 Å². The van der Waals surface area contributed by atoms with Crippen LogP contribution in [0.5, 0.6) is 11.5 Å². The molecule has 3 aromatic rings. The molecule has 1 aromatic carbocycles. The second-order valence-corrected chi connectivity index (χ2v) is 6.98. The van der Waals surface area contributed by atoms with Gasteiger partial charge in [0.15, 0.2) is 11.5 Å². The van der Waals surface area contributed by atoms with Gasteiger partial charge < -0.3 is 14.0 Å². The van der Waals surface area contributed by atoms with E-state index in [0.29, 0.717) is 12.6 Å². The van der Waals surface area contributed by atoms with Gasteiger partial charge in [0.1, 0.15) is 6.61 Å². The van der Waals surface area contributed by atoms with Crippen molar-refractivity contribution < 1.29 is 9.47 Å². The molecule has 0 unspecified atom stereocenters. The lowest BCUT2D eigenvalue weighted by Crippen LogP contribution is -2.24. The predicted molar refractivity (Wildman–Crippen MR) is 107 cm³/mol. The summed E-state index contributed by atoms with van der Waals surface area (Å²) in [5.41, 5.74) is 2.29. The molecule has 0 saturated carbocycles. The molecule has 1 fully saturated rings. The van der Waals surface area contributed by atoms with E-state index in [1.54, 1.807) is 19.6 Å². The molecule has 1 saturated heterocycles. The molecule has 0 bridgehead atoms. The van der Waals surface area contributed by atoms with Gasteiger partial charge in [0.25, 0.3) is 0 Å². The number of hydrogen-bond donors (Lipinski definition) is 0. The molecule has 1 aliphatic rings. The summed E-state index contributed by atoms with van der Waals surface area (Å²) in [4.78, 5) is 11.1. The van der Waals surface area contributed by atoms with E-state index in [2.05, 4.69) is 33.1 Å². The number of methoxy groups -OCH3 is 1. The van der Waals surface area contributed by atoms with E-state index in [9.17, 15) is 0 Å². The average molecular weight is 378 g/mol. The summed E-state index contributed by atoms with van der Waals surface area (Å²) in [5.74, 6) is 1.61. The lowest BCUT2D eigenvalue weighted by atomic mass is 10.1. The normalized spacial score (nSPS) is 17.0. The van der Waals surface area contributed by atoms with Gasteiger partial charge in [0.05, 0.1) is 31.7 Å². The highest BCUT2D eigenvalue weighted by Crippen LogP contribution is 2.36. The van der Waals surface area contributed by atoms with Crippen LogP contribution in [0.15, 0.2) is 61.3 Å². The Labute approximate surface area is 165 Å². The Morgan fingerprint density at radius 1 is 1.14 bits per heavy atom. The monoisotopic (exact) mass is 378 g/mol. The van der Waals surface area contributed by atoms with Crippen LogP contribution in [0, 0.1) is 0 Å². The number of pyridine rings is 1. The van der Waals surface area contributed by atoms with Crippen molar-refractivity contribution in [3.05, 3.63) is 72.6 Å². The van der Waals surface area contributed by atoms with Crippen molar-refractivity contribution in [2.45, 2.75) is 32.0 Å². The molecule has 28 heavy (non-hydrogen) atoms. The first-order valence-corrected chi connectivity index (χ1v) is 9.74. The van der Waals surface area contributed by atoms with Crippen LogP contribution in [0.4, 0.5) is 0 Å². The van der Waals surface area contributed by atoms with Gasteiger partial charge in [-0.05, 0) is 37.6 Å². The molecule has 2 aromatic heterocycles. The van der Waals surface area contributed by atoms with Crippen LogP contribution < -0.4 is 9.47 Å². The zero-order chi connectivity index (χ0) is 19.2. The van der Waals surface area contributed by atoms with E-state index in [4.69, 9.17) is 9.47 Å². The Morgan fingerprint density at radius 2 is 2.11 bits per heavy atom. The molecular weight excluding hydrogens is 352 g/mol. The summed E-state index contributed by atoms with van der Waals surface area (Å²) < 4.78 is 13.7. The number of aromatic nitrogens is 3. The number of rotatable bonds is 8. The van der Waals surface area contributed by atoms with Crippen molar-refractivity contribution in [3.8, 4) is 11.5 Å². The highest BCUT2D eigenvalue weighted by atomic mass is 16.5. The molecule has 0 radical (unpaired) electrons. The van der Waals surface area contributed by atoms with E-state index < -0.39 is 0 Å². The molecule has 146 valence electrons. The van der Waals surface area contributed by atoms with Crippen molar-refractivity contribution in [3.63, 3.8) is 0 Å². The highest BCUT2D eigenvalue weighted by Gasteiger charge is 2.28. The summed E-state index contributed by atoms with van der Waals surface area (Å²) in [7, 11) is 1.69. The third-order valence-corrected chi connectivity index (χ3v) is 5.20. The van der Waals surface area contributed by atoms with Gasteiger partial charge in [-0.2, -0.15) is 0 Å². The molecule has 0 spiro atoms. The first kappa shape index (κ1) is 18.5. The summed E-state index contributed by atoms with van der Waals surface area (Å²) in [6, 6.07) is 12.6. The molecule has 6 nitrogen and oxygen atoms in total. The van der Waals surface area contributed by atoms with Crippen molar-refractivity contribution >= 4 is 0 Å². The Bertz CT molecular complexity index is 868. The quantitative estimate of drug-likeness (QED) is 0.598. The lowest BCUT2D eigenvalue weighted by Gasteiger charge is -2.25. The zero-order valence-corrected chi connectivity index (χ0v) is 16.2. The average Bonchev–Trinajstić information content (AvgIpc) is 3.42. The third kappa shape index (κ3) is 4.17. The Hall–Kier alpha value is -2.86.